The molecule has 0 saturated carbocycles. The molecule has 1 rings (SSSR count). The molecule has 0 amide bonds. The molecular formula is C8H13NO3. The van der Waals surface area contributed by atoms with Gasteiger partial charge >= 0.3 is 0 Å². The van der Waals surface area contributed by atoms with Gasteiger partial charge in [-0.25, -0.2) is 0 Å². The molecule has 0 spiro atoms. The van der Waals surface area contributed by atoms with Crippen LogP contribution < -0.4 is 5.23 Å². The van der Waals surface area contributed by atoms with Crippen molar-refractivity contribution >= 4 is 0 Å². The van der Waals surface area contributed by atoms with Crippen LogP contribution in [0.5, 0.6) is 0 Å². The Labute approximate surface area is 71.6 Å². The summed E-state index contributed by atoms with van der Waals surface area (Å²) >= 11 is 0. The van der Waals surface area contributed by atoms with Crippen molar-refractivity contribution in [2.45, 2.75) is 26.6 Å². The highest BCUT2D eigenvalue weighted by Crippen LogP contribution is 2.20. The van der Waals surface area contributed by atoms with Crippen molar-refractivity contribution < 1.29 is 14.8 Å². The van der Waals surface area contributed by atoms with Crippen molar-refractivity contribution in [3.63, 3.8) is 0 Å². The molecule has 0 aromatic rings. The minimum absolute atomic E-state index is 0.346. The van der Waals surface area contributed by atoms with E-state index >= 15 is 0 Å². The van der Waals surface area contributed by atoms with Crippen molar-refractivity contribution in [1.29, 1.82) is 0 Å². The topological polar surface area (TPSA) is 46.0 Å². The third kappa shape index (κ3) is 1.50. The average Bonchev–Trinajstić information content (AvgIpc) is 2.00. The Kier molecular flexibility index (Phi) is 2.23. The van der Waals surface area contributed by atoms with Gasteiger partial charge in [0.05, 0.1) is 0 Å². The van der Waals surface area contributed by atoms with Gasteiger partial charge in [0, 0.05) is 13.8 Å². The Morgan fingerprint density at radius 1 is 1.58 bits per heavy atom. The van der Waals surface area contributed by atoms with E-state index < -0.39 is 5.79 Å². The fourth-order valence-electron chi connectivity index (χ4n) is 0.889. The highest BCUT2D eigenvalue weighted by atomic mass is 16.9. The number of hydrogen-bond acceptors (Lipinski definition) is 3. The highest BCUT2D eigenvalue weighted by Gasteiger charge is 2.34. The summed E-state index contributed by atoms with van der Waals surface area (Å²) < 4.78 is 5.32. The second kappa shape index (κ2) is 2.90. The molecule has 1 aliphatic heterocycles. The fourth-order valence-corrected chi connectivity index (χ4v) is 0.889. The lowest BCUT2D eigenvalue weighted by molar-refractivity contribution is -1.04. The molecule has 0 aromatic carbocycles. The molecule has 0 radical (unpaired) electrons. The Bertz CT molecular complexity index is 236. The van der Waals surface area contributed by atoms with Crippen molar-refractivity contribution in [2.24, 2.45) is 0 Å². The van der Waals surface area contributed by atoms with E-state index in [0.29, 0.717) is 11.5 Å². The van der Waals surface area contributed by atoms with E-state index in [9.17, 15) is 5.21 Å². The SMILES string of the molecule is C=CC1(C)OC(C)=C(C)[NH+]([O-])O1. The molecule has 1 aliphatic rings. The van der Waals surface area contributed by atoms with Crippen LogP contribution in [0.2, 0.25) is 0 Å². The zero-order chi connectivity index (χ0) is 9.35. The largest absolute Gasteiger partial charge is 0.595 e. The van der Waals surface area contributed by atoms with Crippen LogP contribution in [-0.4, -0.2) is 5.79 Å². The van der Waals surface area contributed by atoms with Crippen molar-refractivity contribution in [3.05, 3.63) is 29.3 Å². The summed E-state index contributed by atoms with van der Waals surface area (Å²) in [7, 11) is 0. The number of hydroxylamine groups is 2. The third-order valence-electron chi connectivity index (χ3n) is 1.86. The minimum Gasteiger partial charge on any atom is -0.595 e. The lowest BCUT2D eigenvalue weighted by Gasteiger charge is -2.36. The summed E-state index contributed by atoms with van der Waals surface area (Å²) in [6.07, 6.45) is 1.46. The number of ether oxygens (including phenoxy) is 1. The number of allylic oxidation sites excluding steroid dienone is 2. The Hall–Kier alpha value is -0.840. The molecule has 2 unspecified atom stereocenters. The summed E-state index contributed by atoms with van der Waals surface area (Å²) in [6, 6.07) is 0. The molecule has 2 atom stereocenters. The van der Waals surface area contributed by atoms with Crippen LogP contribution in [-0.2, 0) is 9.57 Å². The molecule has 4 nitrogen and oxygen atoms in total. The van der Waals surface area contributed by atoms with Crippen LogP contribution in [0.25, 0.3) is 0 Å². The summed E-state index contributed by atoms with van der Waals surface area (Å²) in [5.41, 5.74) is 0.509. The van der Waals surface area contributed by atoms with Gasteiger partial charge in [0.2, 0.25) is 0 Å². The van der Waals surface area contributed by atoms with E-state index in [1.807, 2.05) is 0 Å². The molecule has 0 bridgehead atoms. The van der Waals surface area contributed by atoms with Crippen molar-refractivity contribution in [3.8, 4) is 0 Å². The third-order valence-corrected chi connectivity index (χ3v) is 1.86. The Balaban J connectivity index is 2.91. The molecule has 0 aromatic heterocycles. The maximum atomic E-state index is 11.2. The molecular weight excluding hydrogens is 158 g/mol. The monoisotopic (exact) mass is 171 g/mol. The van der Waals surface area contributed by atoms with E-state index in [2.05, 4.69) is 6.58 Å². The van der Waals surface area contributed by atoms with Gasteiger partial charge in [-0.15, -0.1) is 4.84 Å². The first kappa shape index (κ1) is 9.25. The molecule has 1 N–H and O–H groups in total. The number of quaternary nitrogens is 1. The lowest BCUT2D eigenvalue weighted by Crippen LogP contribution is -3.06. The van der Waals surface area contributed by atoms with E-state index in [1.54, 1.807) is 20.8 Å². The van der Waals surface area contributed by atoms with Gasteiger partial charge in [-0.1, -0.05) is 6.58 Å². The summed E-state index contributed by atoms with van der Waals surface area (Å²) in [5, 5.41) is 10.8. The van der Waals surface area contributed by atoms with Crippen LogP contribution >= 0.6 is 0 Å². The normalized spacial score (nSPS) is 36.2. The Morgan fingerprint density at radius 2 is 2.17 bits per heavy atom. The fraction of sp³-hybridized carbons (Fsp3) is 0.500. The van der Waals surface area contributed by atoms with Gasteiger partial charge < -0.3 is 9.94 Å². The van der Waals surface area contributed by atoms with Gasteiger partial charge in [0.1, 0.15) is 0 Å². The van der Waals surface area contributed by atoms with E-state index in [4.69, 9.17) is 9.57 Å². The van der Waals surface area contributed by atoms with Crippen LogP contribution in [0, 0.1) is 5.21 Å². The molecule has 0 saturated heterocycles. The zero-order valence-corrected chi connectivity index (χ0v) is 7.51. The average molecular weight is 171 g/mol. The minimum atomic E-state index is -0.999. The van der Waals surface area contributed by atoms with Crippen LogP contribution in [0.3, 0.4) is 0 Å². The summed E-state index contributed by atoms with van der Waals surface area (Å²) in [4.78, 5) is 4.97. The zero-order valence-electron chi connectivity index (χ0n) is 7.51. The number of nitrogens with one attached hydrogen (secondary N) is 1. The van der Waals surface area contributed by atoms with Crippen molar-refractivity contribution in [1.82, 2.24) is 0 Å². The van der Waals surface area contributed by atoms with Crippen LogP contribution in [0.15, 0.2) is 24.1 Å². The van der Waals surface area contributed by atoms with Gasteiger partial charge in [-0.05, 0) is 13.0 Å². The summed E-state index contributed by atoms with van der Waals surface area (Å²) in [6.45, 7) is 8.57. The predicted octanol–water partition coefficient (Wildman–Crippen LogP) is 0.485. The molecule has 0 fully saturated rings. The summed E-state index contributed by atoms with van der Waals surface area (Å²) in [5.74, 6) is -0.408. The van der Waals surface area contributed by atoms with Gasteiger partial charge in [0.15, 0.2) is 11.5 Å². The highest BCUT2D eigenvalue weighted by molar-refractivity contribution is 4.99. The second-order valence-corrected chi connectivity index (χ2v) is 2.89. The van der Waals surface area contributed by atoms with Gasteiger partial charge in [-0.3, -0.25) is 0 Å². The van der Waals surface area contributed by atoms with E-state index in [1.165, 1.54) is 6.08 Å². The first-order valence-electron chi connectivity index (χ1n) is 3.72. The Morgan fingerprint density at radius 3 is 2.58 bits per heavy atom. The maximum Gasteiger partial charge on any atom is 0.280 e. The maximum absolute atomic E-state index is 11.2. The van der Waals surface area contributed by atoms with Crippen molar-refractivity contribution in [2.75, 3.05) is 0 Å². The van der Waals surface area contributed by atoms with Gasteiger partial charge in [0.25, 0.3) is 5.79 Å². The number of rotatable bonds is 1. The standard InChI is InChI=1S/C8H13NO3/c1-5-8(4)11-7(3)6(2)9(10)12-8/h5,9H,1H2,2-4H3. The van der Waals surface area contributed by atoms with E-state index in [0.717, 1.165) is 0 Å². The molecule has 0 aliphatic carbocycles. The molecule has 4 heteroatoms. The second-order valence-electron chi connectivity index (χ2n) is 2.89. The quantitative estimate of drug-likeness (QED) is 0.461. The molecule has 68 valence electrons. The van der Waals surface area contributed by atoms with Crippen LogP contribution in [0.1, 0.15) is 20.8 Å². The van der Waals surface area contributed by atoms with Gasteiger partial charge in [-0.2, -0.15) is 5.23 Å². The molecule has 1 heterocycles. The first-order chi connectivity index (χ1) is 5.48. The smallest absolute Gasteiger partial charge is 0.280 e. The molecule has 12 heavy (non-hydrogen) atoms. The first-order valence-corrected chi connectivity index (χ1v) is 3.72. The van der Waals surface area contributed by atoms with E-state index in [-0.39, 0.29) is 5.23 Å². The lowest BCUT2D eigenvalue weighted by atomic mass is 10.3. The predicted molar refractivity (Wildman–Crippen MR) is 43.5 cm³/mol. The number of hydrogen-bond donors (Lipinski definition) is 1. The van der Waals surface area contributed by atoms with Crippen LogP contribution in [0.4, 0.5) is 0 Å².